The monoisotopic (exact) mass is 340 g/mol. The van der Waals surface area contributed by atoms with E-state index in [0.29, 0.717) is 24.2 Å². The van der Waals surface area contributed by atoms with Crippen molar-refractivity contribution in [2.45, 2.75) is 31.8 Å². The fourth-order valence-corrected chi connectivity index (χ4v) is 3.61. The van der Waals surface area contributed by atoms with Gasteiger partial charge in [0.2, 0.25) is 5.91 Å². The van der Waals surface area contributed by atoms with Gasteiger partial charge in [-0.25, -0.2) is 9.78 Å². The van der Waals surface area contributed by atoms with Crippen LogP contribution in [0.1, 0.15) is 31.8 Å². The van der Waals surface area contributed by atoms with E-state index in [-0.39, 0.29) is 11.9 Å². The SMILES string of the molecule is CC(C(=O)N1CCCC(n2ccnc2)C1)n1c(=O)oc2ccccc21. The highest BCUT2D eigenvalue weighted by Crippen LogP contribution is 2.24. The Labute approximate surface area is 144 Å². The second-order valence-corrected chi connectivity index (χ2v) is 6.47. The van der Waals surface area contributed by atoms with E-state index in [4.69, 9.17) is 4.42 Å². The number of benzene rings is 1. The lowest BCUT2D eigenvalue weighted by Crippen LogP contribution is -2.44. The van der Waals surface area contributed by atoms with Gasteiger partial charge >= 0.3 is 5.76 Å². The van der Waals surface area contributed by atoms with Crippen molar-refractivity contribution in [2.75, 3.05) is 13.1 Å². The summed E-state index contributed by atoms with van der Waals surface area (Å²) in [5, 5.41) is 0. The first kappa shape index (κ1) is 15.7. The first-order chi connectivity index (χ1) is 12.1. The molecule has 4 rings (SSSR count). The van der Waals surface area contributed by atoms with Crippen LogP contribution < -0.4 is 5.76 Å². The summed E-state index contributed by atoms with van der Waals surface area (Å²) in [5.74, 6) is -0.552. The standard InChI is InChI=1S/C18H20N4O3/c1-13(22-15-6-2-3-7-16(15)25-18(22)24)17(23)20-9-4-5-14(11-20)21-10-8-19-12-21/h2-3,6-8,10,12-14H,4-5,9,11H2,1H3. The van der Waals surface area contributed by atoms with E-state index in [1.165, 1.54) is 4.57 Å². The summed E-state index contributed by atoms with van der Waals surface area (Å²) in [5.41, 5.74) is 1.15. The van der Waals surface area contributed by atoms with Crippen LogP contribution in [0.2, 0.25) is 0 Å². The Kier molecular flexibility index (Phi) is 3.91. The highest BCUT2D eigenvalue weighted by atomic mass is 16.4. The quantitative estimate of drug-likeness (QED) is 0.733. The Morgan fingerprint density at radius 2 is 2.20 bits per heavy atom. The van der Waals surface area contributed by atoms with Crippen molar-refractivity contribution in [3.05, 3.63) is 53.5 Å². The van der Waals surface area contributed by atoms with Crippen LogP contribution in [0.5, 0.6) is 0 Å². The minimum absolute atomic E-state index is 0.0570. The molecule has 0 radical (unpaired) electrons. The van der Waals surface area contributed by atoms with Gasteiger partial charge in [-0.15, -0.1) is 0 Å². The molecule has 0 saturated carbocycles. The Balaban J connectivity index is 1.59. The number of likely N-dealkylation sites (tertiary alicyclic amines) is 1. The molecule has 0 aliphatic carbocycles. The number of piperidine rings is 1. The molecule has 2 atom stereocenters. The molecule has 0 spiro atoms. The lowest BCUT2D eigenvalue weighted by Gasteiger charge is -2.34. The van der Waals surface area contributed by atoms with Crippen molar-refractivity contribution in [1.29, 1.82) is 0 Å². The number of rotatable bonds is 3. The third-order valence-electron chi connectivity index (χ3n) is 4.92. The minimum Gasteiger partial charge on any atom is -0.408 e. The first-order valence-electron chi connectivity index (χ1n) is 8.51. The predicted molar refractivity (Wildman–Crippen MR) is 92.3 cm³/mol. The molecule has 0 bridgehead atoms. The van der Waals surface area contributed by atoms with Crippen LogP contribution in [0.15, 0.2) is 52.2 Å². The van der Waals surface area contributed by atoms with Crippen molar-refractivity contribution < 1.29 is 9.21 Å². The molecule has 1 amide bonds. The molecule has 7 heteroatoms. The zero-order valence-electron chi connectivity index (χ0n) is 14.0. The fraction of sp³-hybridized carbons (Fsp3) is 0.389. The Morgan fingerprint density at radius 3 is 3.00 bits per heavy atom. The largest absolute Gasteiger partial charge is 0.420 e. The summed E-state index contributed by atoms with van der Waals surface area (Å²) in [4.78, 5) is 31.2. The Hall–Kier alpha value is -2.83. The molecular formula is C18H20N4O3. The summed E-state index contributed by atoms with van der Waals surface area (Å²) in [6.07, 6.45) is 7.41. The van der Waals surface area contributed by atoms with Gasteiger partial charge in [-0.2, -0.15) is 0 Å². The van der Waals surface area contributed by atoms with E-state index in [1.807, 2.05) is 27.8 Å². The van der Waals surface area contributed by atoms with Gasteiger partial charge in [0.25, 0.3) is 0 Å². The third kappa shape index (κ3) is 2.75. The number of para-hydroxylation sites is 2. The van der Waals surface area contributed by atoms with E-state index in [1.54, 1.807) is 31.6 Å². The maximum atomic E-state index is 13.0. The zero-order valence-corrected chi connectivity index (χ0v) is 14.0. The van der Waals surface area contributed by atoms with E-state index in [2.05, 4.69) is 4.98 Å². The molecule has 3 aromatic rings. The number of imidazole rings is 1. The van der Waals surface area contributed by atoms with Crippen molar-refractivity contribution in [2.24, 2.45) is 0 Å². The second-order valence-electron chi connectivity index (χ2n) is 6.47. The number of hydrogen-bond acceptors (Lipinski definition) is 4. The lowest BCUT2D eigenvalue weighted by atomic mass is 10.0. The Bertz CT molecular complexity index is 941. The Morgan fingerprint density at radius 1 is 1.36 bits per heavy atom. The lowest BCUT2D eigenvalue weighted by molar-refractivity contribution is -0.136. The highest BCUT2D eigenvalue weighted by molar-refractivity contribution is 5.83. The van der Waals surface area contributed by atoms with E-state index in [9.17, 15) is 9.59 Å². The van der Waals surface area contributed by atoms with Crippen LogP contribution in [-0.4, -0.2) is 38.0 Å². The van der Waals surface area contributed by atoms with E-state index >= 15 is 0 Å². The highest BCUT2D eigenvalue weighted by Gasteiger charge is 2.30. The molecule has 1 aliphatic heterocycles. The van der Waals surface area contributed by atoms with Gasteiger partial charge in [0.05, 0.1) is 17.9 Å². The summed E-state index contributed by atoms with van der Waals surface area (Å²) < 4.78 is 8.75. The number of carbonyl (C=O) groups is 1. The number of oxazole rings is 1. The number of aromatic nitrogens is 3. The summed E-state index contributed by atoms with van der Waals surface area (Å²) in [6.45, 7) is 3.09. The van der Waals surface area contributed by atoms with Crippen LogP contribution in [0.4, 0.5) is 0 Å². The van der Waals surface area contributed by atoms with Crippen molar-refractivity contribution >= 4 is 17.0 Å². The van der Waals surface area contributed by atoms with Crippen molar-refractivity contribution in [3.63, 3.8) is 0 Å². The van der Waals surface area contributed by atoms with Gasteiger partial charge < -0.3 is 13.9 Å². The minimum atomic E-state index is -0.599. The zero-order chi connectivity index (χ0) is 17.4. The third-order valence-corrected chi connectivity index (χ3v) is 4.92. The summed E-state index contributed by atoms with van der Waals surface area (Å²) in [7, 11) is 0. The number of amides is 1. The van der Waals surface area contributed by atoms with Gasteiger partial charge in [-0.1, -0.05) is 12.1 Å². The maximum absolute atomic E-state index is 13.0. The molecule has 1 aliphatic rings. The number of fused-ring (bicyclic) bond motifs is 1. The van der Waals surface area contributed by atoms with Crippen LogP contribution in [0, 0.1) is 0 Å². The van der Waals surface area contributed by atoms with Crippen LogP contribution in [-0.2, 0) is 4.79 Å². The number of nitrogens with zero attached hydrogens (tertiary/aromatic N) is 4. The molecule has 0 N–H and O–H groups in total. The van der Waals surface area contributed by atoms with Crippen LogP contribution >= 0.6 is 0 Å². The molecule has 2 aromatic heterocycles. The molecule has 25 heavy (non-hydrogen) atoms. The normalized spacial score (nSPS) is 19.2. The first-order valence-corrected chi connectivity index (χ1v) is 8.51. The molecule has 3 heterocycles. The van der Waals surface area contributed by atoms with Gasteiger partial charge in [0, 0.05) is 25.5 Å². The second kappa shape index (κ2) is 6.23. The van der Waals surface area contributed by atoms with Crippen LogP contribution in [0.3, 0.4) is 0 Å². The molecule has 1 fully saturated rings. The summed E-state index contributed by atoms with van der Waals surface area (Å²) in [6, 6.07) is 6.81. The number of hydrogen-bond donors (Lipinski definition) is 0. The van der Waals surface area contributed by atoms with Gasteiger partial charge in [-0.3, -0.25) is 9.36 Å². The number of carbonyl (C=O) groups excluding carboxylic acids is 1. The molecule has 1 aromatic carbocycles. The van der Waals surface area contributed by atoms with Gasteiger partial charge in [-0.05, 0) is 31.9 Å². The molecule has 7 nitrogen and oxygen atoms in total. The maximum Gasteiger partial charge on any atom is 0.420 e. The van der Waals surface area contributed by atoms with Gasteiger partial charge in [0.1, 0.15) is 6.04 Å². The molecule has 2 unspecified atom stereocenters. The predicted octanol–water partition coefficient (Wildman–Crippen LogP) is 2.22. The van der Waals surface area contributed by atoms with E-state index < -0.39 is 11.8 Å². The molecular weight excluding hydrogens is 320 g/mol. The average Bonchev–Trinajstić information content (AvgIpc) is 3.27. The van der Waals surface area contributed by atoms with E-state index in [0.717, 1.165) is 12.8 Å². The topological polar surface area (TPSA) is 73.3 Å². The average molecular weight is 340 g/mol. The van der Waals surface area contributed by atoms with Crippen molar-refractivity contribution in [1.82, 2.24) is 19.0 Å². The van der Waals surface area contributed by atoms with Crippen LogP contribution in [0.25, 0.3) is 11.1 Å². The fourth-order valence-electron chi connectivity index (χ4n) is 3.61. The van der Waals surface area contributed by atoms with Gasteiger partial charge in [0.15, 0.2) is 5.58 Å². The molecule has 1 saturated heterocycles. The van der Waals surface area contributed by atoms with Crippen molar-refractivity contribution in [3.8, 4) is 0 Å². The summed E-state index contributed by atoms with van der Waals surface area (Å²) >= 11 is 0. The smallest absolute Gasteiger partial charge is 0.408 e. The molecule has 130 valence electrons.